The van der Waals surface area contributed by atoms with Crippen LogP contribution in [0.25, 0.3) is 0 Å². The molecule has 1 saturated carbocycles. The fraction of sp³-hybridized carbons (Fsp3) is 0.889. The highest BCUT2D eigenvalue weighted by molar-refractivity contribution is 5.75. The summed E-state index contributed by atoms with van der Waals surface area (Å²) in [5.41, 5.74) is 5.53. The molecule has 1 unspecified atom stereocenters. The van der Waals surface area contributed by atoms with Crippen LogP contribution in [0, 0.1) is 5.92 Å². The van der Waals surface area contributed by atoms with Gasteiger partial charge in [0, 0.05) is 19.0 Å². The third-order valence-corrected chi connectivity index (χ3v) is 2.11. The Labute approximate surface area is 73.7 Å². The van der Waals surface area contributed by atoms with Gasteiger partial charge >= 0.3 is 0 Å². The van der Waals surface area contributed by atoms with Crippen molar-refractivity contribution in [3.05, 3.63) is 0 Å². The maximum atomic E-state index is 11.1. The molecule has 70 valence electrons. The molecule has 1 rings (SSSR count). The van der Waals surface area contributed by atoms with E-state index in [0.717, 1.165) is 18.9 Å². The molecule has 3 N–H and O–H groups in total. The van der Waals surface area contributed by atoms with Crippen LogP contribution in [0.2, 0.25) is 0 Å². The second-order valence-corrected chi connectivity index (χ2v) is 3.76. The third-order valence-electron chi connectivity index (χ3n) is 2.11. The molecule has 12 heavy (non-hydrogen) atoms. The van der Waals surface area contributed by atoms with Gasteiger partial charge in [0.05, 0.1) is 0 Å². The van der Waals surface area contributed by atoms with Crippen LogP contribution >= 0.6 is 0 Å². The van der Waals surface area contributed by atoms with E-state index in [9.17, 15) is 4.79 Å². The highest BCUT2D eigenvalue weighted by atomic mass is 16.1. The third kappa shape index (κ3) is 4.34. The minimum absolute atomic E-state index is 0.136. The van der Waals surface area contributed by atoms with Crippen LogP contribution < -0.4 is 11.1 Å². The zero-order chi connectivity index (χ0) is 8.97. The number of hydrogen-bond donors (Lipinski definition) is 2. The first kappa shape index (κ1) is 9.52. The molecule has 0 heterocycles. The molecule has 1 atom stereocenters. The summed E-state index contributed by atoms with van der Waals surface area (Å²) in [6, 6.07) is 0.136. The lowest BCUT2D eigenvalue weighted by Gasteiger charge is -2.05. The normalized spacial score (nSPS) is 18.8. The van der Waals surface area contributed by atoms with Crippen LogP contribution in [0.15, 0.2) is 0 Å². The molecule has 0 aliphatic heterocycles. The first-order valence-corrected chi connectivity index (χ1v) is 4.70. The van der Waals surface area contributed by atoms with Gasteiger partial charge in [-0.05, 0) is 32.1 Å². The molecular weight excluding hydrogens is 152 g/mol. The van der Waals surface area contributed by atoms with Gasteiger partial charge in [0.1, 0.15) is 0 Å². The molecule has 1 fully saturated rings. The minimum Gasteiger partial charge on any atom is -0.356 e. The van der Waals surface area contributed by atoms with E-state index in [0.29, 0.717) is 6.42 Å². The van der Waals surface area contributed by atoms with Gasteiger partial charge in [0.25, 0.3) is 0 Å². The van der Waals surface area contributed by atoms with Crippen LogP contribution in [0.5, 0.6) is 0 Å². The van der Waals surface area contributed by atoms with Crippen LogP contribution in [-0.4, -0.2) is 18.5 Å². The number of nitrogens with one attached hydrogen (secondary N) is 1. The summed E-state index contributed by atoms with van der Waals surface area (Å²) in [6.07, 6.45) is 3.93. The van der Waals surface area contributed by atoms with E-state index in [-0.39, 0.29) is 11.9 Å². The summed E-state index contributed by atoms with van der Waals surface area (Å²) in [4.78, 5) is 11.1. The first-order chi connectivity index (χ1) is 5.68. The van der Waals surface area contributed by atoms with E-state index in [1.807, 2.05) is 6.92 Å². The Hall–Kier alpha value is -0.570. The predicted octanol–water partition coefficient (Wildman–Crippen LogP) is 0.640. The zero-order valence-corrected chi connectivity index (χ0v) is 7.68. The van der Waals surface area contributed by atoms with Crippen LogP contribution in [0.4, 0.5) is 0 Å². The highest BCUT2D eigenvalue weighted by Crippen LogP contribution is 2.27. The topological polar surface area (TPSA) is 55.1 Å². The van der Waals surface area contributed by atoms with Crippen molar-refractivity contribution in [2.45, 2.75) is 38.6 Å². The molecule has 0 spiro atoms. The van der Waals surface area contributed by atoms with Gasteiger partial charge in [-0.2, -0.15) is 0 Å². The van der Waals surface area contributed by atoms with E-state index >= 15 is 0 Å². The van der Waals surface area contributed by atoms with Gasteiger partial charge in [-0.15, -0.1) is 0 Å². The summed E-state index contributed by atoms with van der Waals surface area (Å²) in [7, 11) is 0. The quantitative estimate of drug-likeness (QED) is 0.636. The smallest absolute Gasteiger partial charge is 0.220 e. The van der Waals surface area contributed by atoms with Gasteiger partial charge in [-0.3, -0.25) is 4.79 Å². The van der Waals surface area contributed by atoms with E-state index in [1.165, 1.54) is 12.8 Å². The van der Waals surface area contributed by atoms with Crippen molar-refractivity contribution in [1.82, 2.24) is 5.32 Å². The molecule has 0 bridgehead atoms. The molecular formula is C9H18N2O. The molecule has 1 aliphatic rings. The zero-order valence-electron chi connectivity index (χ0n) is 7.68. The fourth-order valence-electron chi connectivity index (χ4n) is 1.03. The Balaban J connectivity index is 1.95. The molecule has 3 nitrogen and oxygen atoms in total. The Morgan fingerprint density at radius 3 is 2.83 bits per heavy atom. The van der Waals surface area contributed by atoms with Crippen molar-refractivity contribution in [2.24, 2.45) is 11.7 Å². The van der Waals surface area contributed by atoms with Gasteiger partial charge in [0.15, 0.2) is 0 Å². The molecule has 0 saturated heterocycles. The summed E-state index contributed by atoms with van der Waals surface area (Å²) < 4.78 is 0. The second-order valence-electron chi connectivity index (χ2n) is 3.76. The lowest BCUT2D eigenvalue weighted by Crippen LogP contribution is -2.27. The number of amides is 1. The Bertz CT molecular complexity index is 145. The summed E-state index contributed by atoms with van der Waals surface area (Å²) in [6.45, 7) is 2.80. The maximum Gasteiger partial charge on any atom is 0.220 e. The fourth-order valence-corrected chi connectivity index (χ4v) is 1.03. The van der Waals surface area contributed by atoms with Crippen LogP contribution in [0.1, 0.15) is 32.6 Å². The summed E-state index contributed by atoms with van der Waals surface area (Å²) >= 11 is 0. The van der Waals surface area contributed by atoms with Gasteiger partial charge in [-0.1, -0.05) is 0 Å². The number of nitrogens with two attached hydrogens (primary N) is 1. The molecule has 0 aromatic carbocycles. The number of rotatable bonds is 5. The van der Waals surface area contributed by atoms with E-state index < -0.39 is 0 Å². The highest BCUT2D eigenvalue weighted by Gasteiger charge is 2.21. The van der Waals surface area contributed by atoms with Gasteiger partial charge < -0.3 is 11.1 Å². The van der Waals surface area contributed by atoms with Gasteiger partial charge in [-0.25, -0.2) is 0 Å². The number of carbonyl (C=O) groups excluding carboxylic acids is 1. The van der Waals surface area contributed by atoms with Crippen LogP contribution in [0.3, 0.4) is 0 Å². The number of carbonyl (C=O) groups is 1. The second kappa shape index (κ2) is 4.45. The first-order valence-electron chi connectivity index (χ1n) is 4.70. The Kier molecular flexibility index (Phi) is 3.53. The maximum absolute atomic E-state index is 11.1. The standard InChI is InChI=1S/C9H18N2O/c1-7(10)2-5-9(12)11-6-8-3-4-8/h7-8H,2-6,10H2,1H3,(H,11,12). The van der Waals surface area contributed by atoms with Crippen molar-refractivity contribution in [2.75, 3.05) is 6.54 Å². The summed E-state index contributed by atoms with van der Waals surface area (Å²) in [5, 5.41) is 2.91. The average molecular weight is 170 g/mol. The monoisotopic (exact) mass is 170 g/mol. The molecule has 0 radical (unpaired) electrons. The number of hydrogen-bond acceptors (Lipinski definition) is 2. The summed E-state index contributed by atoms with van der Waals surface area (Å²) in [5.74, 6) is 0.920. The average Bonchev–Trinajstić information content (AvgIpc) is 2.80. The largest absolute Gasteiger partial charge is 0.356 e. The van der Waals surface area contributed by atoms with Crippen molar-refractivity contribution in [3.8, 4) is 0 Å². The molecule has 3 heteroatoms. The van der Waals surface area contributed by atoms with Gasteiger partial charge in [0.2, 0.25) is 5.91 Å². The Morgan fingerprint density at radius 2 is 2.33 bits per heavy atom. The minimum atomic E-state index is 0.136. The van der Waals surface area contributed by atoms with E-state index in [2.05, 4.69) is 5.32 Å². The van der Waals surface area contributed by atoms with Crippen molar-refractivity contribution < 1.29 is 4.79 Å². The SMILES string of the molecule is CC(N)CCC(=O)NCC1CC1. The van der Waals surface area contributed by atoms with Crippen LogP contribution in [-0.2, 0) is 4.79 Å². The molecule has 1 aliphatic carbocycles. The lowest BCUT2D eigenvalue weighted by atomic mass is 10.2. The lowest BCUT2D eigenvalue weighted by molar-refractivity contribution is -0.121. The predicted molar refractivity (Wildman–Crippen MR) is 48.6 cm³/mol. The van der Waals surface area contributed by atoms with E-state index in [1.54, 1.807) is 0 Å². The Morgan fingerprint density at radius 1 is 1.67 bits per heavy atom. The molecule has 0 aromatic rings. The van der Waals surface area contributed by atoms with E-state index in [4.69, 9.17) is 5.73 Å². The van der Waals surface area contributed by atoms with Crippen molar-refractivity contribution >= 4 is 5.91 Å². The molecule has 1 amide bonds. The van der Waals surface area contributed by atoms with Crippen molar-refractivity contribution in [3.63, 3.8) is 0 Å². The molecule has 0 aromatic heterocycles. The van der Waals surface area contributed by atoms with Crippen molar-refractivity contribution in [1.29, 1.82) is 0 Å².